The van der Waals surface area contributed by atoms with Crippen LogP contribution < -0.4 is 13.1 Å². The quantitative estimate of drug-likeness (QED) is 0.594. The molecule has 4 rings (SSSR count). The van der Waals surface area contributed by atoms with Crippen LogP contribution in [-0.4, -0.2) is 19.0 Å². The Kier molecular flexibility index (Phi) is 6.35. The fourth-order valence-electron chi connectivity index (χ4n) is 4.54. The van der Waals surface area contributed by atoms with Crippen molar-refractivity contribution in [1.29, 1.82) is 0 Å². The minimum absolute atomic E-state index is 0. The first kappa shape index (κ1) is 19.0. The van der Waals surface area contributed by atoms with Gasteiger partial charge in [0.2, 0.25) is 0 Å². The zero-order chi connectivity index (χ0) is 17.0. The molecule has 1 aliphatic rings. The van der Waals surface area contributed by atoms with Crippen molar-refractivity contribution in [3.63, 3.8) is 0 Å². The number of benzene rings is 3. The second-order valence-corrected chi connectivity index (χ2v) is 14.8. The monoisotopic (exact) mass is 406 g/mol. The average Bonchev–Trinajstić information content (AvgIpc) is 2.72. The van der Waals surface area contributed by atoms with E-state index in [-0.39, 0.29) is 5.48 Å². The maximum absolute atomic E-state index is 2.49. The summed E-state index contributed by atoms with van der Waals surface area (Å²) >= 11 is -2.49. The Balaban J connectivity index is 0.00000196. The molecule has 0 aromatic heterocycles. The average molecular weight is 406 g/mol. The molecule has 1 saturated carbocycles. The molecule has 0 heterocycles. The van der Waals surface area contributed by atoms with E-state index in [1.54, 1.807) is 13.1 Å². The van der Waals surface area contributed by atoms with Crippen LogP contribution in [0.25, 0.3) is 0 Å². The normalized spacial score (nSPS) is 15.2. The van der Waals surface area contributed by atoms with Gasteiger partial charge in [-0.15, -0.1) is 0 Å². The zero-order valence-corrected chi connectivity index (χ0v) is 17.0. The zero-order valence-electron chi connectivity index (χ0n) is 15.2. The summed E-state index contributed by atoms with van der Waals surface area (Å²) in [6, 6.07) is 34.3. The molecule has 0 radical (unpaired) electrons. The van der Waals surface area contributed by atoms with Crippen LogP contribution in [0.5, 0.6) is 0 Å². The minimum atomic E-state index is -2.49. The van der Waals surface area contributed by atoms with Crippen LogP contribution in [0.1, 0.15) is 32.1 Å². The van der Waals surface area contributed by atoms with Crippen LogP contribution in [0.3, 0.4) is 0 Å². The second kappa shape index (κ2) is 8.71. The Morgan fingerprint density at radius 3 is 1.19 bits per heavy atom. The predicted molar refractivity (Wildman–Crippen MR) is 113 cm³/mol. The summed E-state index contributed by atoms with van der Waals surface area (Å²) in [6.45, 7) is 0. The number of hydrogen-bond acceptors (Lipinski definition) is 1. The van der Waals surface area contributed by atoms with Gasteiger partial charge in [-0.1, -0.05) is 0 Å². The molecule has 134 valence electrons. The molecule has 26 heavy (non-hydrogen) atoms. The first-order chi connectivity index (χ1) is 12.4. The molecule has 2 heteroatoms. The molecule has 0 spiro atoms. The van der Waals surface area contributed by atoms with E-state index in [0.29, 0.717) is 0 Å². The molecule has 3 aromatic carbocycles. The Hall–Kier alpha value is -1.82. The molecule has 3 aromatic rings. The Bertz CT molecular complexity index is 684. The SMILES string of the molecule is [OH-].c1ccc([As+](c2ccccc2)(c2ccccc2)C2CCCCC2)cc1. The molecule has 0 unspecified atom stereocenters. The molecule has 1 fully saturated rings. The van der Waals surface area contributed by atoms with E-state index in [1.807, 2.05) is 0 Å². The Labute approximate surface area is 159 Å². The van der Waals surface area contributed by atoms with Crippen molar-refractivity contribution in [3.8, 4) is 0 Å². The van der Waals surface area contributed by atoms with Crippen molar-refractivity contribution in [1.82, 2.24) is 0 Å². The van der Waals surface area contributed by atoms with Gasteiger partial charge in [0.1, 0.15) is 0 Å². The Morgan fingerprint density at radius 1 is 0.500 bits per heavy atom. The molecule has 0 saturated heterocycles. The van der Waals surface area contributed by atoms with Gasteiger partial charge in [-0.05, 0) is 0 Å². The van der Waals surface area contributed by atoms with Crippen molar-refractivity contribution in [2.75, 3.05) is 0 Å². The van der Waals surface area contributed by atoms with Gasteiger partial charge in [-0.3, -0.25) is 0 Å². The first-order valence-electron chi connectivity index (χ1n) is 9.48. The van der Waals surface area contributed by atoms with Gasteiger partial charge in [0.15, 0.2) is 0 Å². The van der Waals surface area contributed by atoms with Crippen molar-refractivity contribution < 1.29 is 5.48 Å². The topological polar surface area (TPSA) is 30.0 Å². The van der Waals surface area contributed by atoms with Crippen molar-refractivity contribution in [2.45, 2.75) is 36.8 Å². The summed E-state index contributed by atoms with van der Waals surface area (Å²) in [5, 5.41) is 0. The fraction of sp³-hybridized carbons (Fsp3) is 0.250. The van der Waals surface area contributed by atoms with E-state index in [4.69, 9.17) is 0 Å². The molecule has 1 N–H and O–H groups in total. The van der Waals surface area contributed by atoms with Crippen LogP contribution in [0.2, 0.25) is 4.71 Å². The first-order valence-corrected chi connectivity index (χ1v) is 13.4. The summed E-state index contributed by atoms with van der Waals surface area (Å²) in [7, 11) is 0. The molecule has 0 atom stereocenters. The van der Waals surface area contributed by atoms with Gasteiger partial charge in [-0.2, -0.15) is 0 Å². The predicted octanol–water partition coefficient (Wildman–Crippen LogP) is 4.31. The third kappa shape index (κ3) is 3.39. The third-order valence-electron chi connectivity index (χ3n) is 5.61. The standard InChI is InChI=1S/C24H26As.H2O/c1-5-13-21(14-6-1)25(22-15-7-2-8-16-22,23-17-9-3-10-18-23)24-19-11-4-12-20-24;/h1-3,5-10,13-18,24H,4,11-12,19-20H2;1H2/q+1;/p-1. The van der Waals surface area contributed by atoms with Crippen LogP contribution in [0, 0.1) is 0 Å². The molecular weight excluding hydrogens is 379 g/mol. The molecule has 0 bridgehead atoms. The van der Waals surface area contributed by atoms with E-state index >= 15 is 0 Å². The van der Waals surface area contributed by atoms with Gasteiger partial charge in [-0.25, -0.2) is 0 Å². The summed E-state index contributed by atoms with van der Waals surface area (Å²) in [6.07, 6.45) is 6.95. The fourth-order valence-corrected chi connectivity index (χ4v) is 15.5. The molecule has 0 aliphatic heterocycles. The molecular formula is C24H27AsO. The van der Waals surface area contributed by atoms with Crippen molar-refractivity contribution in [3.05, 3.63) is 91.0 Å². The summed E-state index contributed by atoms with van der Waals surface area (Å²) in [4.78, 5) is 0. The van der Waals surface area contributed by atoms with Crippen LogP contribution in [0.15, 0.2) is 91.0 Å². The van der Waals surface area contributed by atoms with Gasteiger partial charge < -0.3 is 5.48 Å². The number of rotatable bonds is 4. The summed E-state index contributed by atoms with van der Waals surface area (Å²) in [5.41, 5.74) is 0. The van der Waals surface area contributed by atoms with Crippen LogP contribution in [0.4, 0.5) is 0 Å². The van der Waals surface area contributed by atoms with Gasteiger partial charge in [0, 0.05) is 0 Å². The van der Waals surface area contributed by atoms with Crippen molar-refractivity contribution >= 4 is 26.6 Å². The van der Waals surface area contributed by atoms with E-state index < -0.39 is 13.6 Å². The van der Waals surface area contributed by atoms with E-state index in [2.05, 4.69) is 91.0 Å². The second-order valence-electron chi connectivity index (χ2n) is 7.02. The maximum atomic E-state index is 2.40. The number of hydrogen-bond donors (Lipinski definition) is 0. The van der Waals surface area contributed by atoms with Gasteiger partial charge >= 0.3 is 154 Å². The van der Waals surface area contributed by atoms with Gasteiger partial charge in [0.25, 0.3) is 0 Å². The van der Waals surface area contributed by atoms with Crippen LogP contribution >= 0.6 is 0 Å². The molecule has 1 aliphatic carbocycles. The van der Waals surface area contributed by atoms with Crippen LogP contribution in [-0.2, 0) is 0 Å². The summed E-state index contributed by atoms with van der Waals surface area (Å²) < 4.78 is 5.62. The Morgan fingerprint density at radius 2 is 0.846 bits per heavy atom. The third-order valence-corrected chi connectivity index (χ3v) is 16.0. The van der Waals surface area contributed by atoms with E-state index in [0.717, 1.165) is 4.71 Å². The van der Waals surface area contributed by atoms with E-state index in [9.17, 15) is 0 Å². The van der Waals surface area contributed by atoms with Crippen molar-refractivity contribution in [2.24, 2.45) is 0 Å². The molecule has 1 nitrogen and oxygen atoms in total. The van der Waals surface area contributed by atoms with E-state index in [1.165, 1.54) is 32.1 Å². The van der Waals surface area contributed by atoms with Gasteiger partial charge in [0.05, 0.1) is 0 Å². The molecule has 0 amide bonds. The summed E-state index contributed by atoms with van der Waals surface area (Å²) in [5.74, 6) is 0.